The first kappa shape index (κ1) is 18.7. The number of thiazole rings is 1. The molecule has 0 atom stereocenters. The summed E-state index contributed by atoms with van der Waals surface area (Å²) in [6, 6.07) is 6.14. The maximum atomic E-state index is 12.5. The normalized spacial score (nSPS) is 11.5. The SMILES string of the molecule is CN(Cc1csc(-c2cccs2)n1)C(=O)c1ccc(C(=O)C(F)(F)F)s1. The van der Waals surface area contributed by atoms with Gasteiger partial charge in [-0.15, -0.1) is 34.0 Å². The highest BCUT2D eigenvalue weighted by molar-refractivity contribution is 7.20. The van der Waals surface area contributed by atoms with Crippen molar-refractivity contribution in [1.29, 1.82) is 0 Å². The summed E-state index contributed by atoms with van der Waals surface area (Å²) in [4.78, 5) is 30.1. The number of thiophene rings is 2. The summed E-state index contributed by atoms with van der Waals surface area (Å²) in [7, 11) is 1.54. The van der Waals surface area contributed by atoms with E-state index in [9.17, 15) is 22.8 Å². The summed E-state index contributed by atoms with van der Waals surface area (Å²) in [6.07, 6.45) is -4.95. The number of ketones is 1. The van der Waals surface area contributed by atoms with Gasteiger partial charge in [-0.1, -0.05) is 6.07 Å². The van der Waals surface area contributed by atoms with Gasteiger partial charge in [-0.2, -0.15) is 13.2 Å². The van der Waals surface area contributed by atoms with Crippen LogP contribution in [0.4, 0.5) is 13.2 Å². The average Bonchev–Trinajstić information content (AvgIpc) is 3.32. The molecule has 4 nitrogen and oxygen atoms in total. The first-order chi connectivity index (χ1) is 12.3. The fourth-order valence-corrected chi connectivity index (χ4v) is 4.70. The highest BCUT2D eigenvalue weighted by Crippen LogP contribution is 2.29. The van der Waals surface area contributed by atoms with Crippen molar-refractivity contribution in [2.24, 2.45) is 0 Å². The predicted octanol–water partition coefficient (Wildman–Crippen LogP) is 4.95. The lowest BCUT2D eigenvalue weighted by Gasteiger charge is -2.14. The summed E-state index contributed by atoms with van der Waals surface area (Å²) in [5.41, 5.74) is 0.692. The molecular weight excluding hydrogens is 405 g/mol. The number of carbonyl (C=O) groups is 2. The lowest BCUT2D eigenvalue weighted by atomic mass is 10.3. The van der Waals surface area contributed by atoms with Crippen LogP contribution in [0.2, 0.25) is 0 Å². The first-order valence-electron chi connectivity index (χ1n) is 7.21. The van der Waals surface area contributed by atoms with E-state index in [0.29, 0.717) is 17.0 Å². The van der Waals surface area contributed by atoms with Gasteiger partial charge in [0, 0.05) is 12.4 Å². The Morgan fingerprint density at radius 3 is 2.54 bits per heavy atom. The summed E-state index contributed by atoms with van der Waals surface area (Å²) in [5.74, 6) is -2.40. The number of rotatable bonds is 5. The molecule has 0 aliphatic rings. The quantitative estimate of drug-likeness (QED) is 0.553. The van der Waals surface area contributed by atoms with Gasteiger partial charge in [0.15, 0.2) is 0 Å². The van der Waals surface area contributed by atoms with Crippen LogP contribution in [-0.4, -0.2) is 34.8 Å². The van der Waals surface area contributed by atoms with E-state index >= 15 is 0 Å². The van der Waals surface area contributed by atoms with E-state index in [4.69, 9.17) is 0 Å². The zero-order chi connectivity index (χ0) is 18.9. The largest absolute Gasteiger partial charge is 0.455 e. The third-order valence-electron chi connectivity index (χ3n) is 3.33. The van der Waals surface area contributed by atoms with Crippen LogP contribution in [0, 0.1) is 0 Å². The minimum Gasteiger partial charge on any atom is -0.335 e. The third kappa shape index (κ3) is 4.02. The number of alkyl halides is 3. The Morgan fingerprint density at radius 2 is 1.88 bits per heavy atom. The van der Waals surface area contributed by atoms with Crippen LogP contribution in [0.1, 0.15) is 25.0 Å². The summed E-state index contributed by atoms with van der Waals surface area (Å²) in [5, 5.41) is 4.64. The van der Waals surface area contributed by atoms with Gasteiger partial charge in [0.1, 0.15) is 5.01 Å². The standard InChI is InChI=1S/C16H11F3N2O2S3/c1-21(7-9-8-25-14(20-9)11-3-2-6-24-11)15(23)12-5-4-10(26-12)13(22)16(17,18)19/h2-6,8H,7H2,1H3. The topological polar surface area (TPSA) is 50.3 Å². The van der Waals surface area contributed by atoms with E-state index in [2.05, 4.69) is 4.98 Å². The molecule has 136 valence electrons. The van der Waals surface area contributed by atoms with E-state index < -0.39 is 22.7 Å². The number of Topliss-reactive ketones (excluding diaryl/α,β-unsaturated/α-hetero) is 1. The molecule has 0 aromatic carbocycles. The first-order valence-corrected chi connectivity index (χ1v) is 9.78. The molecule has 0 aliphatic carbocycles. The molecule has 0 fully saturated rings. The maximum absolute atomic E-state index is 12.5. The molecule has 0 saturated heterocycles. The highest BCUT2D eigenvalue weighted by Gasteiger charge is 2.40. The molecule has 0 unspecified atom stereocenters. The third-order valence-corrected chi connectivity index (χ3v) is 6.33. The summed E-state index contributed by atoms with van der Waals surface area (Å²) < 4.78 is 37.4. The Morgan fingerprint density at radius 1 is 1.15 bits per heavy atom. The van der Waals surface area contributed by atoms with Crippen molar-refractivity contribution in [3.05, 3.63) is 50.5 Å². The van der Waals surface area contributed by atoms with Gasteiger partial charge in [0.05, 0.1) is 26.9 Å². The second-order valence-corrected chi connectivity index (χ2v) is 8.16. The second-order valence-electron chi connectivity index (χ2n) is 5.27. The van der Waals surface area contributed by atoms with Crippen LogP contribution in [0.3, 0.4) is 0 Å². The second kappa shape index (κ2) is 7.29. The molecule has 1 amide bonds. The van der Waals surface area contributed by atoms with Crippen molar-refractivity contribution in [2.75, 3.05) is 7.05 Å². The van der Waals surface area contributed by atoms with Crippen molar-refractivity contribution < 1.29 is 22.8 Å². The predicted molar refractivity (Wildman–Crippen MR) is 95.9 cm³/mol. The van der Waals surface area contributed by atoms with E-state index in [1.165, 1.54) is 29.4 Å². The summed E-state index contributed by atoms with van der Waals surface area (Å²) >= 11 is 3.57. The fourth-order valence-electron chi connectivity index (χ4n) is 2.11. The van der Waals surface area contributed by atoms with E-state index in [0.717, 1.165) is 16.0 Å². The Balaban J connectivity index is 1.69. The molecule has 3 aromatic rings. The van der Waals surface area contributed by atoms with Crippen LogP contribution in [0.25, 0.3) is 9.88 Å². The van der Waals surface area contributed by atoms with Crippen molar-refractivity contribution in [3.8, 4) is 9.88 Å². The Bertz CT molecular complexity index is 929. The van der Waals surface area contributed by atoms with Gasteiger partial charge in [-0.05, 0) is 23.6 Å². The molecule has 0 bridgehead atoms. The van der Waals surface area contributed by atoms with Crippen LogP contribution < -0.4 is 0 Å². The number of nitrogens with zero attached hydrogens (tertiary/aromatic N) is 2. The lowest BCUT2D eigenvalue weighted by molar-refractivity contribution is -0.0882. The van der Waals surface area contributed by atoms with Gasteiger partial charge in [0.25, 0.3) is 11.7 Å². The van der Waals surface area contributed by atoms with Crippen molar-refractivity contribution in [1.82, 2.24) is 9.88 Å². The van der Waals surface area contributed by atoms with Gasteiger partial charge in [-0.25, -0.2) is 4.98 Å². The number of halogens is 3. The van der Waals surface area contributed by atoms with Crippen LogP contribution in [-0.2, 0) is 6.54 Å². The number of hydrogen-bond donors (Lipinski definition) is 0. The Kier molecular flexibility index (Phi) is 5.26. The molecule has 0 spiro atoms. The van der Waals surface area contributed by atoms with Gasteiger partial charge in [0.2, 0.25) is 0 Å². The molecule has 26 heavy (non-hydrogen) atoms. The maximum Gasteiger partial charge on any atom is 0.455 e. The van der Waals surface area contributed by atoms with Gasteiger partial charge >= 0.3 is 6.18 Å². The molecule has 0 N–H and O–H groups in total. The minimum absolute atomic E-state index is 0.0776. The van der Waals surface area contributed by atoms with Crippen molar-refractivity contribution in [2.45, 2.75) is 12.7 Å². The molecule has 3 rings (SSSR count). The lowest BCUT2D eigenvalue weighted by Crippen LogP contribution is -2.25. The highest BCUT2D eigenvalue weighted by atomic mass is 32.1. The molecule has 3 aromatic heterocycles. The van der Waals surface area contributed by atoms with E-state index in [1.54, 1.807) is 11.3 Å². The zero-order valence-corrected chi connectivity index (χ0v) is 15.7. The summed E-state index contributed by atoms with van der Waals surface area (Å²) in [6.45, 7) is 0.223. The average molecular weight is 416 g/mol. The smallest absolute Gasteiger partial charge is 0.335 e. The monoisotopic (exact) mass is 416 g/mol. The zero-order valence-electron chi connectivity index (χ0n) is 13.2. The molecule has 3 heterocycles. The molecule has 0 radical (unpaired) electrons. The fraction of sp³-hybridized carbons (Fsp3) is 0.188. The van der Waals surface area contributed by atoms with Crippen molar-refractivity contribution in [3.63, 3.8) is 0 Å². The molecule has 0 saturated carbocycles. The van der Waals surface area contributed by atoms with Crippen molar-refractivity contribution >= 4 is 45.7 Å². The Labute approximate surface area is 158 Å². The molecule has 10 heteroatoms. The van der Waals surface area contributed by atoms with E-state index in [-0.39, 0.29) is 11.4 Å². The number of amides is 1. The molecular formula is C16H11F3N2O2S3. The number of hydrogen-bond acceptors (Lipinski definition) is 6. The van der Waals surface area contributed by atoms with Crippen LogP contribution >= 0.6 is 34.0 Å². The number of aromatic nitrogens is 1. The number of carbonyl (C=O) groups excluding carboxylic acids is 2. The van der Waals surface area contributed by atoms with Crippen LogP contribution in [0.15, 0.2) is 35.0 Å². The van der Waals surface area contributed by atoms with Gasteiger partial charge in [-0.3, -0.25) is 9.59 Å². The molecule has 0 aliphatic heterocycles. The minimum atomic E-state index is -4.95. The van der Waals surface area contributed by atoms with E-state index in [1.807, 2.05) is 22.9 Å². The van der Waals surface area contributed by atoms with Crippen LogP contribution in [0.5, 0.6) is 0 Å². The Hall–Kier alpha value is -2.04. The van der Waals surface area contributed by atoms with Gasteiger partial charge < -0.3 is 4.90 Å².